The number of nitrogens with one attached hydrogen (secondary N) is 1. The van der Waals surface area contributed by atoms with Gasteiger partial charge in [-0.3, -0.25) is 19.5 Å². The molecule has 4 aliphatic heterocycles. The van der Waals surface area contributed by atoms with E-state index in [0.717, 1.165) is 55.1 Å². The molecule has 0 bridgehead atoms. The Hall–Kier alpha value is -2.97. The lowest BCUT2D eigenvalue weighted by atomic mass is 9.72. The van der Waals surface area contributed by atoms with E-state index in [1.165, 1.54) is 5.56 Å². The van der Waals surface area contributed by atoms with Gasteiger partial charge in [-0.1, -0.05) is 6.07 Å². The van der Waals surface area contributed by atoms with Crippen molar-refractivity contribution < 1.29 is 14.3 Å². The van der Waals surface area contributed by atoms with Gasteiger partial charge in [-0.15, -0.1) is 0 Å². The summed E-state index contributed by atoms with van der Waals surface area (Å²) in [5, 5.41) is 3.02. The van der Waals surface area contributed by atoms with Crippen molar-refractivity contribution in [2.24, 2.45) is 5.41 Å². The van der Waals surface area contributed by atoms with Gasteiger partial charge in [0.15, 0.2) is 0 Å². The molecule has 3 fully saturated rings. The molecule has 4 aliphatic rings. The van der Waals surface area contributed by atoms with E-state index in [9.17, 15) is 9.59 Å². The summed E-state index contributed by atoms with van der Waals surface area (Å²) in [7, 11) is 1.85. The molecule has 6 rings (SSSR count). The summed E-state index contributed by atoms with van der Waals surface area (Å²) in [4.78, 5) is 34.9. The summed E-state index contributed by atoms with van der Waals surface area (Å²) in [6, 6.07) is 8.73. The summed E-state index contributed by atoms with van der Waals surface area (Å²) >= 11 is 0. The Morgan fingerprint density at radius 3 is 2.70 bits per heavy atom. The summed E-state index contributed by atoms with van der Waals surface area (Å²) in [5.41, 5.74) is 5.91. The summed E-state index contributed by atoms with van der Waals surface area (Å²) in [6.07, 6.45) is 5.20. The van der Waals surface area contributed by atoms with Crippen molar-refractivity contribution in [2.45, 2.75) is 18.9 Å². The number of hydrogen-bond donors (Lipinski definition) is 1. The summed E-state index contributed by atoms with van der Waals surface area (Å²) in [5.74, 6) is 0.278. The molecule has 1 aromatic carbocycles. The molecule has 0 atom stereocenters. The van der Waals surface area contributed by atoms with E-state index < -0.39 is 0 Å². The normalized spacial score (nSPS) is 21.8. The van der Waals surface area contributed by atoms with E-state index in [1.807, 2.05) is 25.5 Å². The Labute approximate surface area is 193 Å². The number of carbonyl (C=O) groups excluding carboxylic acids is 2. The molecule has 5 heterocycles. The molecular weight excluding hydrogens is 418 g/mol. The zero-order valence-corrected chi connectivity index (χ0v) is 18.9. The van der Waals surface area contributed by atoms with Crippen LogP contribution in [0.15, 0.2) is 36.7 Å². The largest absolute Gasteiger partial charge is 0.377 e. The molecule has 1 spiro atoms. The third kappa shape index (κ3) is 3.77. The fourth-order valence-corrected chi connectivity index (χ4v) is 5.55. The van der Waals surface area contributed by atoms with Crippen LogP contribution >= 0.6 is 0 Å². The van der Waals surface area contributed by atoms with E-state index in [1.54, 1.807) is 4.90 Å². The van der Waals surface area contributed by atoms with Gasteiger partial charge < -0.3 is 19.9 Å². The van der Waals surface area contributed by atoms with Gasteiger partial charge >= 0.3 is 0 Å². The second-order valence-corrected chi connectivity index (χ2v) is 10.0. The number of ether oxygens (including phenoxy) is 1. The predicted molar refractivity (Wildman–Crippen MR) is 125 cm³/mol. The highest BCUT2D eigenvalue weighted by atomic mass is 16.5. The summed E-state index contributed by atoms with van der Waals surface area (Å²) < 4.78 is 5.11. The number of anilines is 2. The SMILES string of the molecule is CN1C(=O)CCc2cc(-c3cncc(N4CC5(CN(CC(=O)NC6COC6)C5)C4)c3)ccc21. The van der Waals surface area contributed by atoms with Gasteiger partial charge in [-0.2, -0.15) is 0 Å². The first-order valence-electron chi connectivity index (χ1n) is 11.7. The van der Waals surface area contributed by atoms with Crippen LogP contribution in [-0.4, -0.2) is 80.7 Å². The standard InChI is InChI=1S/C25H29N5O3/c1-28-22-4-2-17(6-18(22)3-5-24(28)32)19-7-21(9-26-8-19)30-15-25(16-30)13-29(14-25)10-23(31)27-20-11-33-12-20/h2,4,6-9,20H,3,5,10-16H2,1H3,(H,27,31). The Morgan fingerprint density at radius 2 is 1.94 bits per heavy atom. The Kier molecular flexibility index (Phi) is 4.88. The second kappa shape index (κ2) is 7.81. The number of pyridine rings is 1. The van der Waals surface area contributed by atoms with Crippen LogP contribution in [0.5, 0.6) is 0 Å². The van der Waals surface area contributed by atoms with Crippen molar-refractivity contribution in [3.63, 3.8) is 0 Å². The van der Waals surface area contributed by atoms with Crippen molar-refractivity contribution in [3.05, 3.63) is 42.2 Å². The van der Waals surface area contributed by atoms with E-state index in [-0.39, 0.29) is 17.9 Å². The number of fused-ring (bicyclic) bond motifs is 1. The molecule has 2 aromatic rings. The van der Waals surface area contributed by atoms with Crippen LogP contribution in [0.1, 0.15) is 12.0 Å². The molecule has 3 saturated heterocycles. The molecule has 2 amide bonds. The van der Waals surface area contributed by atoms with Crippen LogP contribution in [0.2, 0.25) is 0 Å². The molecule has 0 unspecified atom stereocenters. The lowest BCUT2D eigenvalue weighted by Gasteiger charge is -2.61. The number of amides is 2. The van der Waals surface area contributed by atoms with E-state index >= 15 is 0 Å². The number of aromatic nitrogens is 1. The number of nitrogens with zero attached hydrogens (tertiary/aromatic N) is 4. The van der Waals surface area contributed by atoms with Crippen LogP contribution < -0.4 is 15.1 Å². The Morgan fingerprint density at radius 1 is 1.12 bits per heavy atom. The van der Waals surface area contributed by atoms with Crippen molar-refractivity contribution >= 4 is 23.2 Å². The first-order valence-corrected chi connectivity index (χ1v) is 11.7. The number of rotatable bonds is 5. The minimum absolute atomic E-state index is 0.104. The number of benzene rings is 1. The molecule has 172 valence electrons. The van der Waals surface area contributed by atoms with Crippen LogP contribution in [0.25, 0.3) is 11.1 Å². The monoisotopic (exact) mass is 447 g/mol. The molecule has 33 heavy (non-hydrogen) atoms. The molecule has 0 radical (unpaired) electrons. The Bertz CT molecular complexity index is 1100. The van der Waals surface area contributed by atoms with Crippen molar-refractivity contribution in [3.8, 4) is 11.1 Å². The molecule has 8 nitrogen and oxygen atoms in total. The van der Waals surface area contributed by atoms with Gasteiger partial charge in [0.25, 0.3) is 0 Å². The topological polar surface area (TPSA) is 78.0 Å². The number of hydrogen-bond acceptors (Lipinski definition) is 6. The third-order valence-electron chi connectivity index (χ3n) is 7.39. The van der Waals surface area contributed by atoms with Crippen LogP contribution in [0.3, 0.4) is 0 Å². The quantitative estimate of drug-likeness (QED) is 0.745. The fraction of sp³-hybridized carbons (Fsp3) is 0.480. The lowest BCUT2D eigenvalue weighted by Crippen LogP contribution is -2.73. The van der Waals surface area contributed by atoms with Crippen molar-refractivity contribution in [1.29, 1.82) is 0 Å². The number of aryl methyl sites for hydroxylation is 1. The zero-order chi connectivity index (χ0) is 22.6. The number of likely N-dealkylation sites (tertiary alicyclic amines) is 1. The average molecular weight is 448 g/mol. The Balaban J connectivity index is 1.07. The highest BCUT2D eigenvalue weighted by Gasteiger charge is 2.52. The van der Waals surface area contributed by atoms with E-state index in [2.05, 4.69) is 38.3 Å². The first kappa shape index (κ1) is 20.6. The maximum atomic E-state index is 12.1. The average Bonchev–Trinajstić information content (AvgIpc) is 2.74. The summed E-state index contributed by atoms with van der Waals surface area (Å²) in [6.45, 7) is 5.71. The van der Waals surface area contributed by atoms with E-state index in [0.29, 0.717) is 31.6 Å². The van der Waals surface area contributed by atoms with Gasteiger partial charge in [0.2, 0.25) is 11.8 Å². The van der Waals surface area contributed by atoms with Crippen LogP contribution in [0, 0.1) is 5.41 Å². The van der Waals surface area contributed by atoms with Crippen molar-refractivity contribution in [1.82, 2.24) is 15.2 Å². The molecule has 8 heteroatoms. The minimum atomic E-state index is 0.104. The van der Waals surface area contributed by atoms with Gasteiger partial charge in [-0.05, 0) is 35.7 Å². The molecular formula is C25H29N5O3. The maximum absolute atomic E-state index is 12.1. The lowest BCUT2D eigenvalue weighted by molar-refractivity contribution is -0.130. The molecule has 1 aromatic heterocycles. The predicted octanol–water partition coefficient (Wildman–Crippen LogP) is 1.29. The second-order valence-electron chi connectivity index (χ2n) is 10.0. The highest BCUT2D eigenvalue weighted by molar-refractivity contribution is 5.96. The van der Waals surface area contributed by atoms with Crippen LogP contribution in [0.4, 0.5) is 11.4 Å². The van der Waals surface area contributed by atoms with Gasteiger partial charge in [0.1, 0.15) is 0 Å². The number of carbonyl (C=O) groups is 2. The van der Waals surface area contributed by atoms with Gasteiger partial charge in [0.05, 0.1) is 37.7 Å². The third-order valence-corrected chi connectivity index (χ3v) is 7.39. The molecule has 0 aliphatic carbocycles. The van der Waals surface area contributed by atoms with Crippen LogP contribution in [-0.2, 0) is 20.7 Å². The van der Waals surface area contributed by atoms with Crippen molar-refractivity contribution in [2.75, 3.05) is 62.8 Å². The minimum Gasteiger partial charge on any atom is -0.377 e. The van der Waals surface area contributed by atoms with Gasteiger partial charge in [-0.25, -0.2) is 0 Å². The smallest absolute Gasteiger partial charge is 0.234 e. The highest BCUT2D eigenvalue weighted by Crippen LogP contribution is 2.42. The zero-order valence-electron chi connectivity index (χ0n) is 18.9. The first-order chi connectivity index (χ1) is 16.0. The van der Waals surface area contributed by atoms with E-state index in [4.69, 9.17) is 4.74 Å². The molecule has 0 saturated carbocycles. The fourth-order valence-electron chi connectivity index (χ4n) is 5.55. The molecule has 1 N–H and O–H groups in total. The maximum Gasteiger partial charge on any atom is 0.234 e. The van der Waals surface area contributed by atoms with Gasteiger partial charge in [0, 0.05) is 62.5 Å².